The topological polar surface area (TPSA) is 146 Å². The molecule has 0 atom stereocenters. The Kier molecular flexibility index (Phi) is 6.01. The first kappa shape index (κ1) is 17.7. The van der Waals surface area contributed by atoms with Gasteiger partial charge in [0.2, 0.25) is 0 Å². The third-order valence-corrected chi connectivity index (χ3v) is 4.03. The van der Waals surface area contributed by atoms with Gasteiger partial charge in [-0.25, -0.2) is 9.71 Å². The number of nitro groups is 1. The van der Waals surface area contributed by atoms with Gasteiger partial charge in [-0.05, 0) is 4.92 Å². The molecular formula is C11H20N6O5S. The highest BCUT2D eigenvalue weighted by atomic mass is 32.2. The highest BCUT2D eigenvalue weighted by Gasteiger charge is 2.22. The van der Waals surface area contributed by atoms with E-state index in [4.69, 9.17) is 5.14 Å². The molecule has 130 valence electrons. The maximum Gasteiger partial charge on any atom is 0.434 e. The fourth-order valence-corrected chi connectivity index (χ4v) is 2.74. The number of piperazine rings is 1. The summed E-state index contributed by atoms with van der Waals surface area (Å²) in [7, 11) is -4.02. The third-order valence-electron chi connectivity index (χ3n) is 3.54. The molecule has 1 aromatic rings. The minimum atomic E-state index is -4.02. The van der Waals surface area contributed by atoms with E-state index in [1.165, 1.54) is 10.8 Å². The van der Waals surface area contributed by atoms with E-state index < -0.39 is 15.2 Å². The van der Waals surface area contributed by atoms with Gasteiger partial charge in [-0.3, -0.25) is 9.08 Å². The SMILES string of the molecule is NS(=O)(=O)OCCc1cnc([N+](=O)[O-])n1CCN1CCNCC1. The minimum Gasteiger partial charge on any atom is -0.390 e. The normalized spacial score (nSPS) is 16.6. The van der Waals surface area contributed by atoms with Crippen molar-refractivity contribution in [3.8, 4) is 0 Å². The van der Waals surface area contributed by atoms with Crippen LogP contribution in [0.4, 0.5) is 5.95 Å². The van der Waals surface area contributed by atoms with E-state index in [2.05, 4.69) is 19.4 Å². The van der Waals surface area contributed by atoms with Crippen LogP contribution in [0.25, 0.3) is 0 Å². The molecule has 0 bridgehead atoms. The zero-order valence-electron chi connectivity index (χ0n) is 12.5. The molecule has 12 heteroatoms. The second-order valence-electron chi connectivity index (χ2n) is 5.11. The van der Waals surface area contributed by atoms with Crippen LogP contribution in [-0.4, -0.2) is 67.1 Å². The van der Waals surface area contributed by atoms with Crippen molar-refractivity contribution in [1.29, 1.82) is 0 Å². The van der Waals surface area contributed by atoms with Crippen molar-refractivity contribution >= 4 is 16.3 Å². The predicted molar refractivity (Wildman–Crippen MR) is 81.0 cm³/mol. The summed E-state index contributed by atoms with van der Waals surface area (Å²) in [6, 6.07) is 0. The Morgan fingerprint density at radius 3 is 2.70 bits per heavy atom. The molecule has 0 spiro atoms. The first-order valence-corrected chi connectivity index (χ1v) is 8.63. The van der Waals surface area contributed by atoms with Gasteiger partial charge >= 0.3 is 16.3 Å². The molecule has 23 heavy (non-hydrogen) atoms. The van der Waals surface area contributed by atoms with Gasteiger partial charge in [0.1, 0.15) is 11.9 Å². The number of nitrogens with two attached hydrogens (primary N) is 1. The Morgan fingerprint density at radius 2 is 2.09 bits per heavy atom. The standard InChI is InChI=1S/C11H20N6O5S/c12-23(20,21)22-8-1-10-9-14-11(17(18)19)16(10)7-6-15-4-2-13-3-5-15/h9,13H,1-8H2,(H2,12,20,21). The van der Waals surface area contributed by atoms with Crippen molar-refractivity contribution < 1.29 is 17.5 Å². The van der Waals surface area contributed by atoms with Crippen LogP contribution in [0.15, 0.2) is 6.20 Å². The Balaban J connectivity index is 2.01. The van der Waals surface area contributed by atoms with Crippen LogP contribution in [0.5, 0.6) is 0 Å². The van der Waals surface area contributed by atoms with Gasteiger partial charge in [-0.15, -0.1) is 0 Å². The summed E-state index contributed by atoms with van der Waals surface area (Å²) in [5, 5.41) is 19.1. The number of nitrogens with one attached hydrogen (secondary N) is 1. The molecule has 0 saturated carbocycles. The van der Waals surface area contributed by atoms with E-state index in [1.54, 1.807) is 0 Å². The van der Waals surface area contributed by atoms with Gasteiger partial charge in [0.05, 0.1) is 13.2 Å². The molecule has 11 nitrogen and oxygen atoms in total. The van der Waals surface area contributed by atoms with Crippen molar-refractivity contribution in [3.63, 3.8) is 0 Å². The minimum absolute atomic E-state index is 0.166. The molecule has 0 amide bonds. The molecule has 1 fully saturated rings. The summed E-state index contributed by atoms with van der Waals surface area (Å²) >= 11 is 0. The molecule has 0 radical (unpaired) electrons. The Hall–Kier alpha value is -1.60. The van der Waals surface area contributed by atoms with Crippen LogP contribution in [0.3, 0.4) is 0 Å². The maximum absolute atomic E-state index is 11.1. The Bertz CT molecular complexity index is 639. The highest BCUT2D eigenvalue weighted by molar-refractivity contribution is 7.84. The van der Waals surface area contributed by atoms with Crippen LogP contribution in [0, 0.1) is 10.1 Å². The average molecular weight is 348 g/mol. The molecule has 1 aromatic heterocycles. The summed E-state index contributed by atoms with van der Waals surface area (Å²) in [6.07, 6.45) is 1.53. The molecule has 2 heterocycles. The second kappa shape index (κ2) is 7.79. The van der Waals surface area contributed by atoms with Gasteiger partial charge < -0.3 is 15.4 Å². The van der Waals surface area contributed by atoms with Crippen molar-refractivity contribution in [2.24, 2.45) is 5.14 Å². The lowest BCUT2D eigenvalue weighted by Gasteiger charge is -2.26. The fraction of sp³-hybridized carbons (Fsp3) is 0.727. The Morgan fingerprint density at radius 1 is 1.39 bits per heavy atom. The molecule has 1 aliphatic heterocycles. The molecule has 1 saturated heterocycles. The number of imidazole rings is 1. The summed E-state index contributed by atoms with van der Waals surface area (Å²) in [5.74, 6) is -0.259. The Labute approximate surface area is 133 Å². The van der Waals surface area contributed by atoms with Gasteiger partial charge in [0, 0.05) is 39.1 Å². The monoisotopic (exact) mass is 348 g/mol. The first-order chi connectivity index (χ1) is 10.9. The number of nitrogens with zero attached hydrogens (tertiary/aromatic N) is 4. The van der Waals surface area contributed by atoms with Crippen molar-refractivity contribution in [2.45, 2.75) is 13.0 Å². The molecule has 0 aliphatic carbocycles. The summed E-state index contributed by atoms with van der Waals surface area (Å²) in [4.78, 5) is 16.5. The fourth-order valence-electron chi connectivity index (χ4n) is 2.43. The van der Waals surface area contributed by atoms with E-state index >= 15 is 0 Å². The van der Waals surface area contributed by atoms with E-state index in [-0.39, 0.29) is 19.0 Å². The van der Waals surface area contributed by atoms with Gasteiger partial charge in [0.15, 0.2) is 0 Å². The average Bonchev–Trinajstić information content (AvgIpc) is 2.88. The molecule has 3 N–H and O–H groups in total. The smallest absolute Gasteiger partial charge is 0.390 e. The molecular weight excluding hydrogens is 328 g/mol. The molecule has 0 aromatic carbocycles. The molecule has 2 rings (SSSR count). The van der Waals surface area contributed by atoms with Crippen molar-refractivity contribution in [2.75, 3.05) is 39.3 Å². The quantitative estimate of drug-likeness (QED) is 0.424. The number of hydrogen-bond acceptors (Lipinski definition) is 8. The summed E-state index contributed by atoms with van der Waals surface area (Å²) in [5.41, 5.74) is 0.537. The lowest BCUT2D eigenvalue weighted by Crippen LogP contribution is -2.44. The zero-order chi connectivity index (χ0) is 16.9. The number of rotatable bonds is 8. The lowest BCUT2D eigenvalue weighted by atomic mass is 10.3. The molecule has 1 aliphatic rings. The van der Waals surface area contributed by atoms with Crippen LogP contribution < -0.4 is 10.5 Å². The van der Waals surface area contributed by atoms with Crippen LogP contribution in [0.1, 0.15) is 5.69 Å². The van der Waals surface area contributed by atoms with E-state index in [0.29, 0.717) is 18.8 Å². The first-order valence-electron chi connectivity index (χ1n) is 7.16. The summed E-state index contributed by atoms with van der Waals surface area (Å²) in [6.45, 7) is 4.42. The third kappa shape index (κ3) is 5.51. The van der Waals surface area contributed by atoms with E-state index in [9.17, 15) is 18.5 Å². The highest BCUT2D eigenvalue weighted by Crippen LogP contribution is 2.14. The van der Waals surface area contributed by atoms with Crippen molar-refractivity contribution in [1.82, 2.24) is 19.8 Å². The largest absolute Gasteiger partial charge is 0.434 e. The second-order valence-corrected chi connectivity index (χ2v) is 6.34. The van der Waals surface area contributed by atoms with E-state index in [0.717, 1.165) is 26.2 Å². The van der Waals surface area contributed by atoms with Crippen LogP contribution >= 0.6 is 0 Å². The zero-order valence-corrected chi connectivity index (χ0v) is 13.4. The number of aromatic nitrogens is 2. The van der Waals surface area contributed by atoms with Crippen molar-refractivity contribution in [3.05, 3.63) is 22.0 Å². The maximum atomic E-state index is 11.1. The van der Waals surface area contributed by atoms with E-state index in [1.807, 2.05) is 0 Å². The lowest BCUT2D eigenvalue weighted by molar-refractivity contribution is -0.396. The molecule has 0 unspecified atom stereocenters. The van der Waals surface area contributed by atoms with Crippen LogP contribution in [-0.2, 0) is 27.5 Å². The van der Waals surface area contributed by atoms with Gasteiger partial charge in [-0.1, -0.05) is 4.98 Å². The predicted octanol–water partition coefficient (Wildman–Crippen LogP) is -1.54. The number of hydrogen-bond donors (Lipinski definition) is 2. The van der Waals surface area contributed by atoms with Gasteiger partial charge in [-0.2, -0.15) is 8.42 Å². The van der Waals surface area contributed by atoms with Gasteiger partial charge in [0.25, 0.3) is 0 Å². The summed E-state index contributed by atoms with van der Waals surface area (Å²) < 4.78 is 27.5. The van der Waals surface area contributed by atoms with Crippen LogP contribution in [0.2, 0.25) is 0 Å².